The van der Waals surface area contributed by atoms with E-state index < -0.39 is 0 Å². The Morgan fingerprint density at radius 1 is 1.45 bits per heavy atom. The van der Waals surface area contributed by atoms with Gasteiger partial charge in [0, 0.05) is 5.33 Å². The standard InChI is InChI=1S/C10H19Br/c1-10(2)6-3-4-9(8-10)5-7-11/h9H,3-8H2,1-2H3. The molecule has 1 unspecified atom stereocenters. The van der Waals surface area contributed by atoms with E-state index in [4.69, 9.17) is 0 Å². The molecule has 66 valence electrons. The second-order valence-corrected chi connectivity index (χ2v) is 5.40. The number of alkyl halides is 1. The minimum atomic E-state index is 0.630. The van der Waals surface area contributed by atoms with Crippen molar-refractivity contribution in [3.63, 3.8) is 0 Å². The number of rotatable bonds is 2. The molecule has 0 amide bonds. The maximum atomic E-state index is 3.52. The van der Waals surface area contributed by atoms with Gasteiger partial charge in [-0.25, -0.2) is 0 Å². The fraction of sp³-hybridized carbons (Fsp3) is 1.00. The van der Waals surface area contributed by atoms with Crippen LogP contribution in [0.4, 0.5) is 0 Å². The van der Waals surface area contributed by atoms with Gasteiger partial charge >= 0.3 is 0 Å². The SMILES string of the molecule is CC1(C)CCCC(CCBr)C1. The first-order chi connectivity index (χ1) is 5.14. The van der Waals surface area contributed by atoms with Crippen molar-refractivity contribution in [1.82, 2.24) is 0 Å². The summed E-state index contributed by atoms with van der Waals surface area (Å²) in [6, 6.07) is 0. The lowest BCUT2D eigenvalue weighted by Crippen LogP contribution is -2.22. The molecule has 0 N–H and O–H groups in total. The van der Waals surface area contributed by atoms with Gasteiger partial charge in [-0.1, -0.05) is 42.6 Å². The lowest BCUT2D eigenvalue weighted by atomic mass is 9.71. The average Bonchev–Trinajstić information content (AvgIpc) is 1.85. The maximum absolute atomic E-state index is 3.52. The first-order valence-electron chi connectivity index (χ1n) is 4.70. The van der Waals surface area contributed by atoms with Gasteiger partial charge in [-0.15, -0.1) is 0 Å². The number of halogens is 1. The van der Waals surface area contributed by atoms with Gasteiger partial charge in [0.1, 0.15) is 0 Å². The summed E-state index contributed by atoms with van der Waals surface area (Å²) in [5.41, 5.74) is 0.630. The molecule has 0 bridgehead atoms. The largest absolute Gasteiger partial charge is 0.0928 e. The van der Waals surface area contributed by atoms with Gasteiger partial charge in [-0.3, -0.25) is 0 Å². The number of hydrogen-bond acceptors (Lipinski definition) is 0. The van der Waals surface area contributed by atoms with Gasteiger partial charge in [0.05, 0.1) is 0 Å². The molecule has 0 heterocycles. The molecule has 1 rings (SSSR count). The van der Waals surface area contributed by atoms with Crippen molar-refractivity contribution in [3.05, 3.63) is 0 Å². The highest BCUT2D eigenvalue weighted by atomic mass is 79.9. The van der Waals surface area contributed by atoms with Gasteiger partial charge in [-0.2, -0.15) is 0 Å². The van der Waals surface area contributed by atoms with E-state index in [1.165, 1.54) is 37.4 Å². The molecule has 0 radical (unpaired) electrons. The maximum Gasteiger partial charge on any atom is 0.00339 e. The Morgan fingerprint density at radius 2 is 2.18 bits per heavy atom. The molecule has 0 aliphatic heterocycles. The van der Waals surface area contributed by atoms with Crippen molar-refractivity contribution in [1.29, 1.82) is 0 Å². The van der Waals surface area contributed by atoms with Gasteiger partial charge in [-0.05, 0) is 30.6 Å². The fourth-order valence-corrected chi connectivity index (χ4v) is 2.90. The molecule has 0 aromatic rings. The molecule has 0 aromatic carbocycles. The molecular formula is C10H19Br. The summed E-state index contributed by atoms with van der Waals surface area (Å²) in [5.74, 6) is 0.998. The van der Waals surface area contributed by atoms with E-state index in [1.54, 1.807) is 0 Å². The van der Waals surface area contributed by atoms with Crippen LogP contribution in [0, 0.1) is 11.3 Å². The zero-order valence-electron chi connectivity index (χ0n) is 7.70. The van der Waals surface area contributed by atoms with E-state index in [0.717, 1.165) is 5.92 Å². The molecule has 0 nitrogen and oxygen atoms in total. The Labute approximate surface area is 78.9 Å². The summed E-state index contributed by atoms with van der Waals surface area (Å²) in [6.07, 6.45) is 7.17. The molecule has 11 heavy (non-hydrogen) atoms. The smallest absolute Gasteiger partial charge is 0.00339 e. The summed E-state index contributed by atoms with van der Waals surface area (Å²) in [7, 11) is 0. The molecule has 1 aliphatic rings. The average molecular weight is 219 g/mol. The molecule has 0 spiro atoms. The molecule has 1 atom stereocenters. The Morgan fingerprint density at radius 3 is 2.73 bits per heavy atom. The van der Waals surface area contributed by atoms with Crippen LogP contribution < -0.4 is 0 Å². The molecule has 1 heteroatoms. The molecule has 1 aliphatic carbocycles. The molecule has 1 fully saturated rings. The quantitative estimate of drug-likeness (QED) is 0.616. The van der Waals surface area contributed by atoms with E-state index in [1.807, 2.05) is 0 Å². The van der Waals surface area contributed by atoms with Gasteiger partial charge in [0.2, 0.25) is 0 Å². The second-order valence-electron chi connectivity index (χ2n) is 4.60. The highest BCUT2D eigenvalue weighted by Crippen LogP contribution is 2.39. The van der Waals surface area contributed by atoms with Crippen LogP contribution in [0.5, 0.6) is 0 Å². The van der Waals surface area contributed by atoms with Crippen molar-refractivity contribution < 1.29 is 0 Å². The zero-order chi connectivity index (χ0) is 8.32. The van der Waals surface area contributed by atoms with Crippen molar-refractivity contribution >= 4 is 15.9 Å². The summed E-state index contributed by atoms with van der Waals surface area (Å²) >= 11 is 3.52. The van der Waals surface area contributed by atoms with Crippen LogP contribution in [-0.2, 0) is 0 Å². The first-order valence-corrected chi connectivity index (χ1v) is 5.82. The topological polar surface area (TPSA) is 0 Å². The minimum absolute atomic E-state index is 0.630. The van der Waals surface area contributed by atoms with Crippen molar-refractivity contribution in [2.45, 2.75) is 46.0 Å². The van der Waals surface area contributed by atoms with E-state index >= 15 is 0 Å². The normalized spacial score (nSPS) is 30.3. The Kier molecular flexibility index (Phi) is 3.42. The molecular weight excluding hydrogens is 200 g/mol. The van der Waals surface area contributed by atoms with Gasteiger partial charge in [0.25, 0.3) is 0 Å². The summed E-state index contributed by atoms with van der Waals surface area (Å²) in [6.45, 7) is 4.82. The van der Waals surface area contributed by atoms with Crippen LogP contribution in [0.3, 0.4) is 0 Å². The monoisotopic (exact) mass is 218 g/mol. The Bertz CT molecular complexity index is 116. The van der Waals surface area contributed by atoms with Crippen LogP contribution in [0.15, 0.2) is 0 Å². The van der Waals surface area contributed by atoms with Crippen molar-refractivity contribution in [2.24, 2.45) is 11.3 Å². The number of hydrogen-bond donors (Lipinski definition) is 0. The van der Waals surface area contributed by atoms with Crippen LogP contribution in [-0.4, -0.2) is 5.33 Å². The molecule has 0 saturated heterocycles. The van der Waals surface area contributed by atoms with E-state index in [9.17, 15) is 0 Å². The van der Waals surface area contributed by atoms with Crippen molar-refractivity contribution in [3.8, 4) is 0 Å². The molecule has 0 aromatic heterocycles. The predicted molar refractivity (Wildman–Crippen MR) is 54.2 cm³/mol. The second kappa shape index (κ2) is 3.93. The van der Waals surface area contributed by atoms with Crippen LogP contribution in [0.2, 0.25) is 0 Å². The summed E-state index contributed by atoms with van der Waals surface area (Å²) < 4.78 is 0. The highest BCUT2D eigenvalue weighted by Gasteiger charge is 2.26. The predicted octanol–water partition coefficient (Wildman–Crippen LogP) is 3.99. The first kappa shape index (κ1) is 9.57. The Hall–Kier alpha value is 0.480. The fourth-order valence-electron chi connectivity index (χ4n) is 2.26. The third kappa shape index (κ3) is 3.14. The lowest BCUT2D eigenvalue weighted by molar-refractivity contribution is 0.178. The molecule has 1 saturated carbocycles. The Balaban J connectivity index is 2.34. The lowest BCUT2D eigenvalue weighted by Gasteiger charge is -2.35. The van der Waals surface area contributed by atoms with Gasteiger partial charge in [0.15, 0.2) is 0 Å². The van der Waals surface area contributed by atoms with E-state index in [2.05, 4.69) is 29.8 Å². The summed E-state index contributed by atoms with van der Waals surface area (Å²) in [5, 5.41) is 1.19. The van der Waals surface area contributed by atoms with E-state index in [-0.39, 0.29) is 0 Å². The van der Waals surface area contributed by atoms with E-state index in [0.29, 0.717) is 5.41 Å². The third-order valence-electron chi connectivity index (χ3n) is 2.82. The van der Waals surface area contributed by atoms with Gasteiger partial charge < -0.3 is 0 Å². The highest BCUT2D eigenvalue weighted by molar-refractivity contribution is 9.09. The minimum Gasteiger partial charge on any atom is -0.0928 e. The van der Waals surface area contributed by atoms with Crippen LogP contribution >= 0.6 is 15.9 Å². The van der Waals surface area contributed by atoms with Crippen molar-refractivity contribution in [2.75, 3.05) is 5.33 Å². The third-order valence-corrected chi connectivity index (χ3v) is 3.28. The van der Waals surface area contributed by atoms with Crippen LogP contribution in [0.25, 0.3) is 0 Å². The zero-order valence-corrected chi connectivity index (χ0v) is 9.28. The van der Waals surface area contributed by atoms with Crippen LogP contribution in [0.1, 0.15) is 46.0 Å². The summed E-state index contributed by atoms with van der Waals surface area (Å²) in [4.78, 5) is 0.